The molecule has 1 heterocycles. The first kappa shape index (κ1) is 14.5. The van der Waals surface area contributed by atoms with Gasteiger partial charge in [-0.3, -0.25) is 0 Å². The minimum atomic E-state index is 0.449. The van der Waals surface area contributed by atoms with Crippen LogP contribution >= 0.6 is 11.3 Å². The van der Waals surface area contributed by atoms with E-state index in [1.165, 1.54) is 35.4 Å². The van der Waals surface area contributed by atoms with Gasteiger partial charge in [0.1, 0.15) is 5.75 Å². The number of aryl methyl sites for hydroxylation is 2. The molecule has 21 heavy (non-hydrogen) atoms. The second kappa shape index (κ2) is 6.58. The van der Waals surface area contributed by atoms with Gasteiger partial charge < -0.3 is 10.1 Å². The van der Waals surface area contributed by atoms with E-state index in [2.05, 4.69) is 40.8 Å². The van der Waals surface area contributed by atoms with Gasteiger partial charge in [0.15, 0.2) is 0 Å². The quantitative estimate of drug-likeness (QED) is 0.915. The first-order valence-electron chi connectivity index (χ1n) is 7.57. The summed E-state index contributed by atoms with van der Waals surface area (Å²) in [4.78, 5) is 4.52. The van der Waals surface area contributed by atoms with Crippen molar-refractivity contribution in [3.63, 3.8) is 0 Å². The molecule has 1 N–H and O–H groups in total. The molecule has 0 fully saturated rings. The number of thiazole rings is 1. The lowest BCUT2D eigenvalue weighted by molar-refractivity contribution is 0.409. The number of nitrogens with one attached hydrogen (secondary N) is 1. The van der Waals surface area contributed by atoms with Gasteiger partial charge in [-0.25, -0.2) is 4.98 Å². The zero-order valence-electron chi connectivity index (χ0n) is 12.7. The molecule has 1 aromatic carbocycles. The summed E-state index contributed by atoms with van der Waals surface area (Å²) in [5, 5.41) is 7.04. The van der Waals surface area contributed by atoms with Crippen LogP contribution < -0.4 is 10.1 Å². The molecule has 1 unspecified atom stereocenters. The molecule has 3 nitrogen and oxygen atoms in total. The normalized spacial score (nSPS) is 17.5. The molecule has 1 atom stereocenters. The van der Waals surface area contributed by atoms with Gasteiger partial charge in [0.25, 0.3) is 0 Å². The maximum Gasteiger partial charge on any atom is 0.119 e. The Labute approximate surface area is 130 Å². The number of aromatic nitrogens is 1. The van der Waals surface area contributed by atoms with Gasteiger partial charge in [0.2, 0.25) is 0 Å². The summed E-state index contributed by atoms with van der Waals surface area (Å²) in [5.41, 5.74) is 4.00. The Balaban J connectivity index is 1.64. The Morgan fingerprint density at radius 1 is 1.43 bits per heavy atom. The maximum atomic E-state index is 5.37. The van der Waals surface area contributed by atoms with Gasteiger partial charge in [-0.05, 0) is 49.4 Å². The van der Waals surface area contributed by atoms with E-state index in [4.69, 9.17) is 4.74 Å². The highest BCUT2D eigenvalue weighted by Crippen LogP contribution is 2.32. The third kappa shape index (κ3) is 3.44. The SMILES string of the molecule is COc1ccc2c(c1)C(NCCc1nc(C)cs1)CCC2. The first-order chi connectivity index (χ1) is 10.3. The van der Waals surface area contributed by atoms with E-state index in [-0.39, 0.29) is 0 Å². The lowest BCUT2D eigenvalue weighted by Gasteiger charge is -2.27. The van der Waals surface area contributed by atoms with Crippen LogP contribution in [0.25, 0.3) is 0 Å². The molecule has 0 bridgehead atoms. The summed E-state index contributed by atoms with van der Waals surface area (Å²) < 4.78 is 5.37. The van der Waals surface area contributed by atoms with Gasteiger partial charge in [-0.1, -0.05) is 6.07 Å². The predicted molar refractivity (Wildman–Crippen MR) is 87.2 cm³/mol. The van der Waals surface area contributed by atoms with Gasteiger partial charge in [0, 0.05) is 30.1 Å². The highest BCUT2D eigenvalue weighted by molar-refractivity contribution is 7.09. The van der Waals surface area contributed by atoms with Crippen molar-refractivity contribution in [2.24, 2.45) is 0 Å². The topological polar surface area (TPSA) is 34.1 Å². The second-order valence-electron chi connectivity index (χ2n) is 5.60. The fraction of sp³-hybridized carbons (Fsp3) is 0.471. The first-order valence-corrected chi connectivity index (χ1v) is 8.45. The lowest BCUT2D eigenvalue weighted by atomic mass is 9.87. The molecule has 0 saturated heterocycles. The third-order valence-electron chi connectivity index (χ3n) is 4.06. The van der Waals surface area contributed by atoms with Crippen LogP contribution in [-0.4, -0.2) is 18.6 Å². The smallest absolute Gasteiger partial charge is 0.119 e. The summed E-state index contributed by atoms with van der Waals surface area (Å²) in [6, 6.07) is 6.93. The summed E-state index contributed by atoms with van der Waals surface area (Å²) in [6.07, 6.45) is 4.65. The molecule has 0 radical (unpaired) electrons. The number of nitrogens with zero attached hydrogens (tertiary/aromatic N) is 1. The molecule has 4 heteroatoms. The Hall–Kier alpha value is -1.39. The van der Waals surface area contributed by atoms with Crippen molar-refractivity contribution in [3.05, 3.63) is 45.4 Å². The molecular formula is C17H22N2OS. The fourth-order valence-corrected chi connectivity index (χ4v) is 3.76. The van der Waals surface area contributed by atoms with Crippen LogP contribution in [0.15, 0.2) is 23.6 Å². The number of fused-ring (bicyclic) bond motifs is 1. The predicted octanol–water partition coefficient (Wildman–Crippen LogP) is 3.67. The van der Waals surface area contributed by atoms with Crippen LogP contribution in [0, 0.1) is 6.92 Å². The molecule has 0 amide bonds. The maximum absolute atomic E-state index is 5.37. The Morgan fingerprint density at radius 3 is 3.10 bits per heavy atom. The average molecular weight is 302 g/mol. The lowest BCUT2D eigenvalue weighted by Crippen LogP contribution is -2.27. The van der Waals surface area contributed by atoms with Gasteiger partial charge in [0.05, 0.1) is 12.1 Å². The van der Waals surface area contributed by atoms with Gasteiger partial charge >= 0.3 is 0 Å². The summed E-state index contributed by atoms with van der Waals surface area (Å²) >= 11 is 1.76. The molecule has 3 rings (SSSR count). The van der Waals surface area contributed by atoms with E-state index >= 15 is 0 Å². The van der Waals surface area contributed by atoms with Crippen LogP contribution in [0.2, 0.25) is 0 Å². The monoisotopic (exact) mass is 302 g/mol. The van der Waals surface area contributed by atoms with E-state index in [1.54, 1.807) is 18.4 Å². The molecular weight excluding hydrogens is 280 g/mol. The van der Waals surface area contributed by atoms with E-state index in [0.29, 0.717) is 6.04 Å². The molecule has 1 aliphatic rings. The molecule has 112 valence electrons. The van der Waals surface area contributed by atoms with E-state index < -0.39 is 0 Å². The zero-order chi connectivity index (χ0) is 14.7. The Morgan fingerprint density at radius 2 is 2.33 bits per heavy atom. The van der Waals surface area contributed by atoms with Crippen LogP contribution in [0.3, 0.4) is 0 Å². The van der Waals surface area contributed by atoms with Gasteiger partial charge in [-0.15, -0.1) is 11.3 Å². The molecule has 2 aromatic rings. The minimum absolute atomic E-state index is 0.449. The van der Waals surface area contributed by atoms with Crippen LogP contribution in [0.4, 0.5) is 0 Å². The van der Waals surface area contributed by atoms with Crippen LogP contribution in [0.1, 0.15) is 40.7 Å². The Kier molecular flexibility index (Phi) is 4.56. The molecule has 0 saturated carbocycles. The standard InChI is InChI=1S/C17H22N2OS/c1-12-11-21-17(19-12)8-9-18-16-5-3-4-13-6-7-14(20-2)10-15(13)16/h6-7,10-11,16,18H,3-5,8-9H2,1-2H3. The number of hydrogen-bond donors (Lipinski definition) is 1. The summed E-state index contributed by atoms with van der Waals surface area (Å²) in [7, 11) is 1.73. The highest BCUT2D eigenvalue weighted by Gasteiger charge is 2.20. The van der Waals surface area contributed by atoms with E-state index in [9.17, 15) is 0 Å². The van der Waals surface area contributed by atoms with Crippen molar-refractivity contribution >= 4 is 11.3 Å². The highest BCUT2D eigenvalue weighted by atomic mass is 32.1. The Bertz CT molecular complexity index is 609. The molecule has 0 aliphatic heterocycles. The fourth-order valence-electron chi connectivity index (χ4n) is 2.99. The van der Waals surface area contributed by atoms with E-state index in [0.717, 1.165) is 24.4 Å². The van der Waals surface area contributed by atoms with Crippen molar-refractivity contribution in [2.45, 2.75) is 38.6 Å². The van der Waals surface area contributed by atoms with Gasteiger partial charge in [-0.2, -0.15) is 0 Å². The van der Waals surface area contributed by atoms with Crippen LogP contribution in [0.5, 0.6) is 5.75 Å². The van der Waals surface area contributed by atoms with Crippen molar-refractivity contribution in [3.8, 4) is 5.75 Å². The number of rotatable bonds is 5. The largest absolute Gasteiger partial charge is 0.497 e. The third-order valence-corrected chi connectivity index (χ3v) is 5.09. The van der Waals surface area contributed by atoms with Crippen molar-refractivity contribution < 1.29 is 4.74 Å². The van der Waals surface area contributed by atoms with E-state index in [1.807, 2.05) is 0 Å². The van der Waals surface area contributed by atoms with Crippen molar-refractivity contribution in [1.82, 2.24) is 10.3 Å². The number of hydrogen-bond acceptors (Lipinski definition) is 4. The molecule has 0 spiro atoms. The van der Waals surface area contributed by atoms with Crippen molar-refractivity contribution in [1.29, 1.82) is 0 Å². The summed E-state index contributed by atoms with van der Waals surface area (Å²) in [6.45, 7) is 3.03. The van der Waals surface area contributed by atoms with Crippen molar-refractivity contribution in [2.75, 3.05) is 13.7 Å². The molecule has 1 aliphatic carbocycles. The summed E-state index contributed by atoms with van der Waals surface area (Å²) in [5.74, 6) is 0.956. The second-order valence-corrected chi connectivity index (χ2v) is 6.54. The number of methoxy groups -OCH3 is 1. The number of ether oxygens (including phenoxy) is 1. The zero-order valence-corrected chi connectivity index (χ0v) is 13.5. The number of benzene rings is 1. The van der Waals surface area contributed by atoms with Crippen LogP contribution in [-0.2, 0) is 12.8 Å². The average Bonchev–Trinajstić information content (AvgIpc) is 2.92. The minimum Gasteiger partial charge on any atom is -0.497 e. The molecule has 1 aromatic heterocycles.